The van der Waals surface area contributed by atoms with E-state index in [9.17, 15) is 89.4 Å². The molecule has 0 aliphatic heterocycles. The summed E-state index contributed by atoms with van der Waals surface area (Å²) in [5.74, 6) is -25.5. The monoisotopic (exact) mass is 1720 g/mol. The number of primary amides is 2. The van der Waals surface area contributed by atoms with Crippen LogP contribution in [-0.2, 0) is 47.4 Å². The number of phenols is 2. The van der Waals surface area contributed by atoms with Gasteiger partial charge in [-0.05, 0) is 28.2 Å². The van der Waals surface area contributed by atoms with Crippen molar-refractivity contribution in [2.24, 2.45) is 35.1 Å². The Kier molecular flexibility index (Phi) is 23.7. The Balaban J connectivity index is 0.734. The summed E-state index contributed by atoms with van der Waals surface area (Å²) in [5.41, 5.74) is 0.541. The number of likely N-dealkylation sites (N-methyl/N-ethyl adjacent to an activating group) is 2. The summed E-state index contributed by atoms with van der Waals surface area (Å²) in [4.78, 5) is 147. The fraction of sp³-hybridized carbons (Fsp3) is 0.298. The Labute approximate surface area is 713 Å². The number of rotatable bonds is 26. The number of amides is 4. The van der Waals surface area contributed by atoms with Crippen LogP contribution in [-0.4, -0.2) is 196 Å². The summed E-state index contributed by atoms with van der Waals surface area (Å²) in [5, 5.41) is 128. The van der Waals surface area contributed by atoms with Crippen LogP contribution < -0.4 is 53.9 Å². The Hall–Kier alpha value is -12.4. The van der Waals surface area contributed by atoms with Gasteiger partial charge >= 0.3 is 478 Å². The molecule has 4 amide bonds. The third-order valence-electron chi connectivity index (χ3n) is 26.3. The zero-order valence-electron chi connectivity index (χ0n) is 68.8. The zero-order valence-corrected chi connectivity index (χ0v) is 70.6. The number of fused-ring (bicyclic) bond motifs is 6. The van der Waals surface area contributed by atoms with Gasteiger partial charge in [-0.15, -0.1) is 0 Å². The minimum absolute atomic E-state index is 0.0670. The van der Waals surface area contributed by atoms with Gasteiger partial charge in [-0.1, -0.05) is 13.8 Å². The number of phenolic OH excluding ortho intramolecular Hbond substituents is 2. The van der Waals surface area contributed by atoms with Crippen LogP contribution in [0.3, 0.4) is 0 Å². The van der Waals surface area contributed by atoms with E-state index in [0.717, 1.165) is 0 Å². The van der Waals surface area contributed by atoms with Gasteiger partial charge in [-0.2, -0.15) is 0 Å². The van der Waals surface area contributed by atoms with Gasteiger partial charge in [0.2, 0.25) is 11.6 Å². The second-order valence-corrected chi connectivity index (χ2v) is 42.5. The third kappa shape index (κ3) is 13.5. The van der Waals surface area contributed by atoms with E-state index in [1.807, 2.05) is 182 Å². The summed E-state index contributed by atoms with van der Waals surface area (Å²) in [7, 11) is 5.75. The van der Waals surface area contributed by atoms with Crippen molar-refractivity contribution in [3.05, 3.63) is 274 Å². The van der Waals surface area contributed by atoms with Crippen LogP contribution >= 0.6 is 13.7 Å². The van der Waals surface area contributed by atoms with Gasteiger partial charge in [0.05, 0.1) is 36.1 Å². The van der Waals surface area contributed by atoms with Crippen molar-refractivity contribution >= 4 is 116 Å². The van der Waals surface area contributed by atoms with Gasteiger partial charge in [0.15, 0.2) is 11.2 Å². The normalized spacial score (nSPS) is 24.2. The molecule has 12 atom stereocenters. The molecule has 30 heteroatoms. The van der Waals surface area contributed by atoms with Crippen molar-refractivity contribution in [1.82, 2.24) is 9.80 Å². The molecule has 124 heavy (non-hydrogen) atoms. The van der Waals surface area contributed by atoms with Gasteiger partial charge in [-0.25, -0.2) is 0 Å². The number of ketones is 4. The van der Waals surface area contributed by atoms with Crippen molar-refractivity contribution < 1.29 is 108 Å². The molecule has 8 aromatic rings. The maximum atomic E-state index is 16.4. The Morgan fingerprint density at radius 3 is 0.944 bits per heavy atom. The minimum atomic E-state index is -4.90. The molecule has 0 spiro atoms. The molecular formula is C94H98N6O22P2. The molecule has 6 aliphatic rings. The van der Waals surface area contributed by atoms with Crippen LogP contribution in [0.25, 0.3) is 0 Å². The van der Waals surface area contributed by atoms with E-state index in [1.54, 1.807) is 13.8 Å². The topological polar surface area (TPSA) is 474 Å². The molecule has 14 rings (SSSR count). The van der Waals surface area contributed by atoms with E-state index in [0.29, 0.717) is 44.7 Å². The molecular weight excluding hydrogens is 1630 g/mol. The van der Waals surface area contributed by atoms with Gasteiger partial charge in [0, 0.05) is 11.8 Å². The molecule has 28 nitrogen and oxygen atoms in total. The van der Waals surface area contributed by atoms with E-state index in [4.69, 9.17) is 20.5 Å². The smallest absolute Gasteiger partial charge is 0.510 e. The molecule has 0 bridgehead atoms. The number of benzene rings is 8. The molecule has 0 aromatic heterocycles. The number of carbonyl (C=O) groups is 10. The predicted molar refractivity (Wildman–Crippen MR) is 466 cm³/mol. The van der Waals surface area contributed by atoms with Crippen LogP contribution in [0.4, 0.5) is 11.4 Å². The van der Waals surface area contributed by atoms with Gasteiger partial charge in [-0.3, -0.25) is 29.0 Å². The summed E-state index contributed by atoms with van der Waals surface area (Å²) in [6.07, 6.45) is -2.41. The number of aliphatic hydroxyl groups excluding tert-OH is 6. The van der Waals surface area contributed by atoms with E-state index >= 15 is 9.59 Å². The number of unbranched alkanes of at least 4 members (excludes halogenated alkanes) is 4. The fourth-order valence-corrected chi connectivity index (χ4v) is 32.1. The number of hydrogen-bond donors (Lipinski definition) is 14. The van der Waals surface area contributed by atoms with Crippen molar-refractivity contribution in [1.29, 1.82) is 0 Å². The average molecular weight is 1730 g/mol. The molecule has 6 aliphatic carbocycles. The first-order chi connectivity index (χ1) is 59.0. The molecule has 0 heterocycles. The number of nitrogens with one attached hydrogen (secondary N) is 2. The molecule has 8 aromatic carbocycles. The Morgan fingerprint density at radius 2 is 0.685 bits per heavy atom. The van der Waals surface area contributed by atoms with Gasteiger partial charge in [0.1, 0.15) is 34.2 Å². The van der Waals surface area contributed by atoms with Crippen molar-refractivity contribution in [3.63, 3.8) is 0 Å². The molecule has 0 saturated heterocycles. The maximum absolute atomic E-state index is 16.4. The van der Waals surface area contributed by atoms with Crippen LogP contribution in [0.15, 0.2) is 252 Å². The summed E-state index contributed by atoms with van der Waals surface area (Å²) in [6.45, 7) is -6.61. The first-order valence-corrected chi connectivity index (χ1v) is 45.5. The number of anilines is 2. The number of Topliss-reactive ketones (excluding diaryl/α,β-unsaturated/α-hetero) is 4. The number of carbonyl (C=O) groups excluding carboxylic acids is 10. The Morgan fingerprint density at radius 1 is 0.411 bits per heavy atom. The quantitative estimate of drug-likeness (QED) is 0.00831. The van der Waals surface area contributed by atoms with Crippen molar-refractivity contribution in [2.45, 2.75) is 113 Å². The third-order valence-corrected chi connectivity index (χ3v) is 38.2. The zero-order chi connectivity index (χ0) is 89.2. The number of nitrogens with two attached hydrogens (primary N) is 2. The SMILES string of the molecule is C[C@H]1c2ccc(NC(=O)CCCCCP(OC(=O)C(=O)OP(CCCCCC(=O)Nc3ccc4c(c3O)C(=O)C3=C(O)[C@]5(O)C(=O)C(C(N)=O)=C(O)[C@@H](N(C)C)C5[C@@H](O)C3[C@H]4C)(c3ccccc3)(c3ccccc3)c3ccccc3)(c3ccccc3)(c3ccccc3)c3ccccc3)c(O)c2C(=O)C2=C(O)[C@]3(O)C(=O)C(C(N)=O)=C(O)[C@@H](N(C)C)C3[C@@H](O)C21. The van der Waals surface area contributed by atoms with Gasteiger partial charge < -0.3 is 52.3 Å². The summed E-state index contributed by atoms with van der Waals surface area (Å²) < 4.78 is 14.9. The predicted octanol–water partition coefficient (Wildman–Crippen LogP) is 7.29. The van der Waals surface area contributed by atoms with Crippen LogP contribution in [0.5, 0.6) is 11.5 Å². The molecule has 0 fully saturated rings. The second kappa shape index (κ2) is 33.4. The summed E-state index contributed by atoms with van der Waals surface area (Å²) >= 11 is 0. The van der Waals surface area contributed by atoms with Crippen LogP contribution in [0.1, 0.15) is 109 Å². The number of aromatic hydroxyl groups is 2. The van der Waals surface area contributed by atoms with E-state index in [2.05, 4.69) is 10.6 Å². The fourth-order valence-electron chi connectivity index (χ4n) is 20.6. The van der Waals surface area contributed by atoms with E-state index in [1.165, 1.54) is 62.3 Å². The van der Waals surface area contributed by atoms with Gasteiger partial charge in [0.25, 0.3) is 11.8 Å². The van der Waals surface area contributed by atoms with Crippen molar-refractivity contribution in [2.75, 3.05) is 51.1 Å². The standard InChI is InChI=1S/C94H98N6O22P2/c1-51-59-45-47-61(77(103)67(59)79(105)69-65(51)81(107)73-75(99(3)4)83(109)71(89(95)115)87(113)93(73,119)85(69)111)97-63(101)43-27-13-29-49-123(53-31-15-7-16-32-53,54-33-17-8-18-34-54,55-35-19-9-20-36-55)121-91(117)92(118)122-124(56-37-21-10-22-38-56,57-39-23-11-24-40-57,58-41-25-12-26-42-58)50-30-14-28-44-64(102)98-62-48-46-60-52(2)66-70(80(106)68(60)78(62)104)86(112)94(120)74(82(66)108)76(100(5)6)84(110)72(88(94)114)90(96)116/h7-12,15-26,31-42,45-48,51-52,65-66,73-76,81-82,103-104,107-112,119-120H,13-14,27-30,43-44,49-50H2,1-6H3,(H2,95,115)(H2,96,116)(H,97,101)(H,98,102)/t51-,52-,65?,66?,73?,74?,75-,76-,81-,82-,93-,94-/m0/s1. The first-order valence-electron chi connectivity index (χ1n) is 40.8. The van der Waals surface area contributed by atoms with E-state index < -0.39 is 211 Å². The number of hydrogen-bond acceptors (Lipinski definition) is 24. The van der Waals surface area contributed by atoms with E-state index in [-0.39, 0.29) is 73.4 Å². The number of nitrogens with zero attached hydrogens (tertiary/aromatic N) is 2. The average Bonchev–Trinajstić information content (AvgIpc) is 0.681. The second-order valence-electron chi connectivity index (χ2n) is 33.3. The minimum Gasteiger partial charge on any atom is -0.510 e. The first kappa shape index (κ1) is 88.0. The number of aliphatic hydroxyl groups is 8. The van der Waals surface area contributed by atoms with Crippen LogP contribution in [0.2, 0.25) is 0 Å². The molecule has 16 N–H and O–H groups in total. The molecule has 646 valence electrons. The molecule has 4 unspecified atom stereocenters. The van der Waals surface area contributed by atoms with Crippen LogP contribution in [0, 0.1) is 23.7 Å². The Bertz CT molecular complexity index is 5280. The molecule has 0 saturated carbocycles. The van der Waals surface area contributed by atoms with Crippen molar-refractivity contribution in [3.8, 4) is 11.5 Å². The summed E-state index contributed by atoms with van der Waals surface area (Å²) in [6, 6.07) is 57.5. The molecule has 0 radical (unpaired) electrons.